The molecule has 2 atom stereocenters. The Morgan fingerprint density at radius 1 is 1.35 bits per heavy atom. The van der Waals surface area contributed by atoms with Crippen LogP contribution in [0, 0.1) is 12.8 Å². The van der Waals surface area contributed by atoms with Crippen LogP contribution in [0.15, 0.2) is 24.3 Å². The van der Waals surface area contributed by atoms with Crippen LogP contribution in [0.3, 0.4) is 0 Å². The molecule has 1 aliphatic rings. The van der Waals surface area contributed by atoms with E-state index in [1.54, 1.807) is 0 Å². The van der Waals surface area contributed by atoms with Crippen LogP contribution in [0.1, 0.15) is 37.4 Å². The summed E-state index contributed by atoms with van der Waals surface area (Å²) in [6.07, 6.45) is 0.706. The number of Topliss-reactive ketones (excluding diaryl/α,β-unsaturated/α-hetero) is 1. The second kappa shape index (κ2) is 5.01. The molecule has 0 amide bonds. The lowest BCUT2D eigenvalue weighted by Gasteiger charge is -2.35. The predicted octanol–water partition coefficient (Wildman–Crippen LogP) is 2.97. The van der Waals surface area contributed by atoms with Gasteiger partial charge in [-0.2, -0.15) is 0 Å². The summed E-state index contributed by atoms with van der Waals surface area (Å²) < 4.78 is 0. The van der Waals surface area contributed by atoms with E-state index in [9.17, 15) is 4.79 Å². The van der Waals surface area contributed by atoms with Crippen LogP contribution in [-0.2, 0) is 4.79 Å². The molecule has 1 aromatic carbocycles. The molecule has 1 aromatic rings. The topological polar surface area (TPSA) is 20.3 Å². The van der Waals surface area contributed by atoms with Crippen LogP contribution in [0.5, 0.6) is 0 Å². The van der Waals surface area contributed by atoms with Gasteiger partial charge in [-0.3, -0.25) is 9.69 Å². The molecule has 0 spiro atoms. The average Bonchev–Trinajstić information content (AvgIpc) is 2.32. The number of benzene rings is 1. The molecule has 2 rings (SSSR count). The lowest BCUT2D eigenvalue weighted by molar-refractivity contribution is -0.126. The van der Waals surface area contributed by atoms with E-state index in [2.05, 4.69) is 43.0 Å². The summed E-state index contributed by atoms with van der Waals surface area (Å²) in [5.41, 5.74) is 2.72. The Morgan fingerprint density at radius 3 is 2.71 bits per heavy atom. The Hall–Kier alpha value is -1.15. The lowest BCUT2D eigenvalue weighted by atomic mass is 9.94. The number of hydrogen-bond acceptors (Lipinski definition) is 2. The number of carbonyl (C=O) groups is 1. The summed E-state index contributed by atoms with van der Waals surface area (Å²) in [5.74, 6) is 0.605. The van der Waals surface area contributed by atoms with Crippen molar-refractivity contribution in [2.45, 2.75) is 33.2 Å². The molecule has 2 heteroatoms. The number of hydrogen-bond donors (Lipinski definition) is 0. The SMILES string of the molecule is Cc1ccccc1C(C)N1CCC(=O)C(C)C1. The minimum absolute atomic E-state index is 0.190. The van der Waals surface area contributed by atoms with Gasteiger partial charge in [0.05, 0.1) is 0 Å². The van der Waals surface area contributed by atoms with E-state index >= 15 is 0 Å². The first kappa shape index (κ1) is 12.3. The van der Waals surface area contributed by atoms with Crippen LogP contribution >= 0.6 is 0 Å². The molecule has 17 heavy (non-hydrogen) atoms. The van der Waals surface area contributed by atoms with Crippen molar-refractivity contribution in [1.29, 1.82) is 0 Å². The Balaban J connectivity index is 2.13. The second-order valence-corrected chi connectivity index (χ2v) is 5.14. The first-order valence-electron chi connectivity index (χ1n) is 6.42. The van der Waals surface area contributed by atoms with Gasteiger partial charge in [0.1, 0.15) is 5.78 Å². The number of piperidine rings is 1. The van der Waals surface area contributed by atoms with Crippen molar-refractivity contribution in [3.63, 3.8) is 0 Å². The fraction of sp³-hybridized carbons (Fsp3) is 0.533. The number of aryl methyl sites for hydroxylation is 1. The largest absolute Gasteiger partial charge is 0.299 e. The fourth-order valence-corrected chi connectivity index (χ4v) is 2.65. The van der Waals surface area contributed by atoms with Gasteiger partial charge in [0.15, 0.2) is 0 Å². The molecule has 2 nitrogen and oxygen atoms in total. The van der Waals surface area contributed by atoms with E-state index in [1.165, 1.54) is 11.1 Å². The maximum Gasteiger partial charge on any atom is 0.138 e. The van der Waals surface area contributed by atoms with E-state index < -0.39 is 0 Å². The standard InChI is InChI=1S/C15H21NO/c1-11-6-4-5-7-14(11)13(3)16-9-8-15(17)12(2)10-16/h4-7,12-13H,8-10H2,1-3H3. The Bertz CT molecular complexity index is 413. The molecule has 1 aliphatic heterocycles. The van der Waals surface area contributed by atoms with Crippen molar-refractivity contribution in [2.24, 2.45) is 5.92 Å². The molecule has 92 valence electrons. The van der Waals surface area contributed by atoms with Crippen molar-refractivity contribution in [3.8, 4) is 0 Å². The van der Waals surface area contributed by atoms with Gasteiger partial charge in [0, 0.05) is 31.5 Å². The zero-order valence-corrected chi connectivity index (χ0v) is 10.9. The van der Waals surface area contributed by atoms with Gasteiger partial charge < -0.3 is 0 Å². The fourth-order valence-electron chi connectivity index (χ4n) is 2.65. The zero-order chi connectivity index (χ0) is 12.4. The molecule has 0 bridgehead atoms. The summed E-state index contributed by atoms with van der Waals surface area (Å²) in [6, 6.07) is 8.93. The molecule has 0 aromatic heterocycles. The van der Waals surface area contributed by atoms with Crippen LogP contribution < -0.4 is 0 Å². The van der Waals surface area contributed by atoms with Gasteiger partial charge in [0.25, 0.3) is 0 Å². The first-order valence-corrected chi connectivity index (χ1v) is 6.42. The van der Waals surface area contributed by atoms with E-state index in [0.717, 1.165) is 13.1 Å². The third kappa shape index (κ3) is 2.58. The highest BCUT2D eigenvalue weighted by Gasteiger charge is 2.27. The van der Waals surface area contributed by atoms with Gasteiger partial charge in [-0.25, -0.2) is 0 Å². The van der Waals surface area contributed by atoms with Gasteiger partial charge in [-0.05, 0) is 25.0 Å². The summed E-state index contributed by atoms with van der Waals surface area (Å²) in [5, 5.41) is 0. The molecule has 1 heterocycles. The summed E-state index contributed by atoms with van der Waals surface area (Å²) in [7, 11) is 0. The van der Waals surface area contributed by atoms with E-state index in [0.29, 0.717) is 18.2 Å². The molecular weight excluding hydrogens is 210 g/mol. The van der Waals surface area contributed by atoms with Crippen molar-refractivity contribution in [2.75, 3.05) is 13.1 Å². The molecule has 0 radical (unpaired) electrons. The third-order valence-electron chi connectivity index (χ3n) is 3.89. The van der Waals surface area contributed by atoms with Gasteiger partial charge >= 0.3 is 0 Å². The van der Waals surface area contributed by atoms with Crippen LogP contribution in [0.25, 0.3) is 0 Å². The van der Waals surface area contributed by atoms with E-state index in [-0.39, 0.29) is 5.92 Å². The maximum absolute atomic E-state index is 11.5. The number of rotatable bonds is 2. The summed E-state index contributed by atoms with van der Waals surface area (Å²) in [6.45, 7) is 8.24. The molecule has 2 unspecified atom stereocenters. The normalized spacial score (nSPS) is 23.7. The third-order valence-corrected chi connectivity index (χ3v) is 3.89. The predicted molar refractivity (Wildman–Crippen MR) is 70.0 cm³/mol. The maximum atomic E-state index is 11.5. The number of ketones is 1. The first-order chi connectivity index (χ1) is 8.09. The lowest BCUT2D eigenvalue weighted by Crippen LogP contribution is -2.41. The number of likely N-dealkylation sites (tertiary alicyclic amines) is 1. The minimum atomic E-state index is 0.190. The molecular formula is C15H21NO. The van der Waals surface area contributed by atoms with E-state index in [1.807, 2.05) is 6.92 Å². The summed E-state index contributed by atoms with van der Waals surface area (Å²) >= 11 is 0. The van der Waals surface area contributed by atoms with Crippen LogP contribution in [0.2, 0.25) is 0 Å². The highest BCUT2D eigenvalue weighted by atomic mass is 16.1. The number of carbonyl (C=O) groups excluding carboxylic acids is 1. The van der Waals surface area contributed by atoms with Gasteiger partial charge in [-0.1, -0.05) is 31.2 Å². The molecule has 1 fully saturated rings. The minimum Gasteiger partial charge on any atom is -0.299 e. The Kier molecular flexibility index (Phi) is 3.63. The van der Waals surface area contributed by atoms with Crippen LogP contribution in [0.4, 0.5) is 0 Å². The molecule has 1 saturated heterocycles. The van der Waals surface area contributed by atoms with Crippen LogP contribution in [-0.4, -0.2) is 23.8 Å². The average molecular weight is 231 g/mol. The highest BCUT2D eigenvalue weighted by molar-refractivity contribution is 5.81. The smallest absolute Gasteiger partial charge is 0.138 e. The molecule has 0 saturated carbocycles. The molecule has 0 N–H and O–H groups in total. The monoisotopic (exact) mass is 231 g/mol. The Labute approximate surface area is 104 Å². The van der Waals surface area contributed by atoms with E-state index in [4.69, 9.17) is 0 Å². The van der Waals surface area contributed by atoms with Gasteiger partial charge in [0.2, 0.25) is 0 Å². The quantitative estimate of drug-likeness (QED) is 0.780. The highest BCUT2D eigenvalue weighted by Crippen LogP contribution is 2.26. The van der Waals surface area contributed by atoms with Crippen molar-refractivity contribution in [1.82, 2.24) is 4.90 Å². The van der Waals surface area contributed by atoms with Crippen molar-refractivity contribution >= 4 is 5.78 Å². The molecule has 0 aliphatic carbocycles. The summed E-state index contributed by atoms with van der Waals surface area (Å²) in [4.78, 5) is 14.0. The second-order valence-electron chi connectivity index (χ2n) is 5.14. The number of nitrogens with zero attached hydrogens (tertiary/aromatic N) is 1. The zero-order valence-electron chi connectivity index (χ0n) is 10.9. The Morgan fingerprint density at radius 2 is 2.06 bits per heavy atom. The van der Waals surface area contributed by atoms with Crippen molar-refractivity contribution < 1.29 is 4.79 Å². The van der Waals surface area contributed by atoms with Crippen molar-refractivity contribution in [3.05, 3.63) is 35.4 Å². The van der Waals surface area contributed by atoms with Gasteiger partial charge in [-0.15, -0.1) is 0 Å².